The van der Waals surface area contributed by atoms with Crippen molar-refractivity contribution in [2.75, 3.05) is 0 Å². The van der Waals surface area contributed by atoms with Gasteiger partial charge in [0.05, 0.1) is 11.7 Å². The maximum atomic E-state index is 14.3. The molecule has 216 valence electrons. The maximum absolute atomic E-state index is 14.3. The van der Waals surface area contributed by atoms with Gasteiger partial charge in [0.2, 0.25) is 0 Å². The van der Waals surface area contributed by atoms with Crippen molar-refractivity contribution in [3.8, 4) is 11.3 Å². The van der Waals surface area contributed by atoms with Crippen molar-refractivity contribution in [1.29, 1.82) is 0 Å². The van der Waals surface area contributed by atoms with Crippen molar-refractivity contribution in [3.05, 3.63) is 125 Å². The topological polar surface area (TPSA) is 107 Å². The van der Waals surface area contributed by atoms with Gasteiger partial charge in [0.1, 0.15) is 6.04 Å². The number of pyridine rings is 1. The Kier molecular flexibility index (Phi) is 7.50. The SMILES string of the molecule is Cc1ccc(-c2[nH]c3ccccc3c2C2c3ccccc3C(=O)N2C(CC(C)C)C(=O)NNC(=O)c2ccncc2)cc1. The van der Waals surface area contributed by atoms with Gasteiger partial charge in [-0.25, -0.2) is 0 Å². The average molecular weight is 572 g/mol. The number of amides is 3. The van der Waals surface area contributed by atoms with Gasteiger partial charge in [-0.1, -0.05) is 80.1 Å². The molecule has 3 heterocycles. The third-order valence-corrected chi connectivity index (χ3v) is 7.93. The van der Waals surface area contributed by atoms with E-state index in [0.29, 0.717) is 17.5 Å². The zero-order valence-corrected chi connectivity index (χ0v) is 24.3. The monoisotopic (exact) mass is 571 g/mol. The Morgan fingerprint density at radius 2 is 1.60 bits per heavy atom. The highest BCUT2D eigenvalue weighted by Gasteiger charge is 2.45. The number of aryl methyl sites for hydroxylation is 1. The molecule has 0 bridgehead atoms. The van der Waals surface area contributed by atoms with Crippen molar-refractivity contribution < 1.29 is 14.4 Å². The second kappa shape index (κ2) is 11.6. The number of hydrogen-bond acceptors (Lipinski definition) is 4. The molecule has 3 amide bonds. The number of rotatable bonds is 7. The van der Waals surface area contributed by atoms with Gasteiger partial charge in [0.15, 0.2) is 0 Å². The molecule has 2 unspecified atom stereocenters. The molecule has 8 nitrogen and oxygen atoms in total. The van der Waals surface area contributed by atoms with E-state index in [4.69, 9.17) is 0 Å². The highest BCUT2D eigenvalue weighted by atomic mass is 16.2. The number of carbonyl (C=O) groups excluding carboxylic acids is 3. The number of H-pyrrole nitrogens is 1. The number of nitrogens with one attached hydrogen (secondary N) is 3. The minimum absolute atomic E-state index is 0.0864. The van der Waals surface area contributed by atoms with Crippen LogP contribution in [0.4, 0.5) is 0 Å². The normalized spacial score (nSPS) is 15.0. The van der Waals surface area contributed by atoms with Gasteiger partial charge in [0.25, 0.3) is 17.7 Å². The van der Waals surface area contributed by atoms with Crippen LogP contribution in [0.5, 0.6) is 0 Å². The number of benzene rings is 3. The van der Waals surface area contributed by atoms with Crippen LogP contribution in [-0.2, 0) is 4.79 Å². The molecule has 2 atom stereocenters. The Hall–Kier alpha value is -5.24. The van der Waals surface area contributed by atoms with Gasteiger partial charge < -0.3 is 9.88 Å². The Morgan fingerprint density at radius 3 is 2.35 bits per heavy atom. The van der Waals surface area contributed by atoms with E-state index in [-0.39, 0.29) is 11.8 Å². The summed E-state index contributed by atoms with van der Waals surface area (Å²) in [5.41, 5.74) is 11.8. The summed E-state index contributed by atoms with van der Waals surface area (Å²) >= 11 is 0. The number of fused-ring (bicyclic) bond motifs is 2. The molecule has 0 fully saturated rings. The summed E-state index contributed by atoms with van der Waals surface area (Å²) in [7, 11) is 0. The summed E-state index contributed by atoms with van der Waals surface area (Å²) in [6.07, 6.45) is 3.42. The fourth-order valence-electron chi connectivity index (χ4n) is 5.92. The molecule has 2 aromatic heterocycles. The molecule has 0 saturated heterocycles. The fraction of sp³-hybridized carbons (Fsp3) is 0.200. The highest BCUT2D eigenvalue weighted by molar-refractivity contribution is 6.04. The Labute approximate surface area is 250 Å². The van der Waals surface area contributed by atoms with E-state index in [1.54, 1.807) is 17.0 Å². The van der Waals surface area contributed by atoms with E-state index in [9.17, 15) is 14.4 Å². The average Bonchev–Trinajstić information content (AvgIpc) is 3.54. The first-order chi connectivity index (χ1) is 20.8. The summed E-state index contributed by atoms with van der Waals surface area (Å²) in [6, 6.07) is 25.6. The molecule has 3 aromatic carbocycles. The molecule has 0 radical (unpaired) electrons. The fourth-order valence-corrected chi connectivity index (χ4v) is 5.92. The Balaban J connectivity index is 1.47. The lowest BCUT2D eigenvalue weighted by atomic mass is 9.91. The first kappa shape index (κ1) is 27.9. The maximum Gasteiger partial charge on any atom is 0.269 e. The second-order valence-corrected chi connectivity index (χ2v) is 11.4. The molecule has 1 aliphatic heterocycles. The van der Waals surface area contributed by atoms with Crippen molar-refractivity contribution >= 4 is 28.6 Å². The van der Waals surface area contributed by atoms with E-state index in [1.807, 2.05) is 63.2 Å². The number of nitrogens with zero attached hydrogens (tertiary/aromatic N) is 2. The molecular weight excluding hydrogens is 538 g/mol. The minimum Gasteiger partial charge on any atom is -0.354 e. The summed E-state index contributed by atoms with van der Waals surface area (Å²) in [5.74, 6) is -1.06. The summed E-state index contributed by atoms with van der Waals surface area (Å²) in [5, 5.41) is 0.979. The smallest absolute Gasteiger partial charge is 0.269 e. The van der Waals surface area contributed by atoms with Gasteiger partial charge >= 0.3 is 0 Å². The van der Waals surface area contributed by atoms with E-state index in [0.717, 1.165) is 38.9 Å². The quantitative estimate of drug-likeness (QED) is 0.210. The van der Waals surface area contributed by atoms with Gasteiger partial charge in [-0.3, -0.25) is 30.2 Å². The third kappa shape index (κ3) is 5.28. The van der Waals surface area contributed by atoms with E-state index >= 15 is 0 Å². The van der Waals surface area contributed by atoms with Crippen LogP contribution in [0.1, 0.15) is 63.7 Å². The first-order valence-electron chi connectivity index (χ1n) is 14.4. The lowest BCUT2D eigenvalue weighted by molar-refractivity contribution is -0.127. The molecule has 5 aromatic rings. The van der Waals surface area contributed by atoms with Crippen LogP contribution in [-0.4, -0.2) is 38.6 Å². The molecule has 6 rings (SSSR count). The summed E-state index contributed by atoms with van der Waals surface area (Å²) in [6.45, 7) is 6.08. The van der Waals surface area contributed by atoms with E-state index < -0.39 is 23.9 Å². The number of carbonyl (C=O) groups is 3. The Bertz CT molecular complexity index is 1810. The molecular formula is C35H33N5O3. The Morgan fingerprint density at radius 1 is 0.907 bits per heavy atom. The number of para-hydroxylation sites is 1. The zero-order chi connectivity index (χ0) is 30.1. The van der Waals surface area contributed by atoms with Crippen LogP contribution in [0, 0.1) is 12.8 Å². The first-order valence-corrected chi connectivity index (χ1v) is 14.4. The van der Waals surface area contributed by atoms with Gasteiger partial charge in [-0.15, -0.1) is 0 Å². The highest BCUT2D eigenvalue weighted by Crippen LogP contribution is 2.47. The summed E-state index contributed by atoms with van der Waals surface area (Å²) < 4.78 is 0. The van der Waals surface area contributed by atoms with Crippen LogP contribution >= 0.6 is 0 Å². The van der Waals surface area contributed by atoms with Gasteiger partial charge in [-0.2, -0.15) is 0 Å². The number of aromatic amines is 1. The van der Waals surface area contributed by atoms with E-state index in [2.05, 4.69) is 51.2 Å². The minimum atomic E-state index is -0.859. The number of aromatic nitrogens is 2. The van der Waals surface area contributed by atoms with E-state index in [1.165, 1.54) is 12.4 Å². The number of hydrogen-bond donors (Lipinski definition) is 3. The number of hydrazine groups is 1. The van der Waals surface area contributed by atoms with Crippen LogP contribution < -0.4 is 10.9 Å². The third-order valence-electron chi connectivity index (χ3n) is 7.93. The van der Waals surface area contributed by atoms with Crippen LogP contribution in [0.25, 0.3) is 22.2 Å². The van der Waals surface area contributed by atoms with Crippen molar-refractivity contribution in [3.63, 3.8) is 0 Å². The van der Waals surface area contributed by atoms with Crippen molar-refractivity contribution in [1.82, 2.24) is 25.7 Å². The molecule has 8 heteroatoms. The largest absolute Gasteiger partial charge is 0.354 e. The predicted octanol–water partition coefficient (Wildman–Crippen LogP) is 5.96. The van der Waals surface area contributed by atoms with Crippen molar-refractivity contribution in [2.45, 2.75) is 39.3 Å². The molecule has 0 spiro atoms. The second-order valence-electron chi connectivity index (χ2n) is 11.4. The standard InChI is InChI=1S/C35H33N5O3/c1-21(2)20-29(34(42)39-38-33(41)24-16-18-36-19-17-24)40-32(25-8-4-5-9-26(25)35(40)43)30-27-10-6-7-11-28(27)37-31(30)23-14-12-22(3)13-15-23/h4-19,21,29,32,37H,20H2,1-3H3,(H,38,41)(H,39,42). The van der Waals surface area contributed by atoms with Gasteiger partial charge in [-0.05, 0) is 54.7 Å². The summed E-state index contributed by atoms with van der Waals surface area (Å²) in [4.78, 5) is 50.2. The van der Waals surface area contributed by atoms with Crippen LogP contribution in [0.3, 0.4) is 0 Å². The molecule has 43 heavy (non-hydrogen) atoms. The molecule has 1 aliphatic rings. The lowest BCUT2D eigenvalue weighted by Crippen LogP contribution is -2.53. The molecule has 0 saturated carbocycles. The van der Waals surface area contributed by atoms with Crippen molar-refractivity contribution in [2.24, 2.45) is 5.92 Å². The zero-order valence-electron chi connectivity index (χ0n) is 24.3. The lowest BCUT2D eigenvalue weighted by Gasteiger charge is -2.34. The van der Waals surface area contributed by atoms with Crippen LogP contribution in [0.2, 0.25) is 0 Å². The molecule has 3 N–H and O–H groups in total. The van der Waals surface area contributed by atoms with Crippen LogP contribution in [0.15, 0.2) is 97.3 Å². The van der Waals surface area contributed by atoms with Gasteiger partial charge in [0, 0.05) is 40.0 Å². The molecule has 0 aliphatic carbocycles. The predicted molar refractivity (Wildman–Crippen MR) is 166 cm³/mol.